The topological polar surface area (TPSA) is 79.0 Å². The molecule has 3 rings (SSSR count). The number of amides is 1. The molecular formula is C19H29N3O4S. The fraction of sp³-hybridized carbons (Fsp3) is 0.632. The number of sulfonamides is 1. The van der Waals surface area contributed by atoms with E-state index in [1.54, 1.807) is 12.1 Å². The summed E-state index contributed by atoms with van der Waals surface area (Å²) < 4.78 is 33.0. The second-order valence-electron chi connectivity index (χ2n) is 7.09. The molecule has 0 saturated carbocycles. The molecule has 2 aliphatic heterocycles. The van der Waals surface area contributed by atoms with Gasteiger partial charge >= 0.3 is 0 Å². The molecule has 2 saturated heterocycles. The van der Waals surface area contributed by atoms with Gasteiger partial charge in [0.25, 0.3) is 0 Å². The Morgan fingerprint density at radius 1 is 1.07 bits per heavy atom. The van der Waals surface area contributed by atoms with Gasteiger partial charge in [-0.25, -0.2) is 8.42 Å². The number of benzene rings is 1. The van der Waals surface area contributed by atoms with Gasteiger partial charge in [0.1, 0.15) is 5.75 Å². The van der Waals surface area contributed by atoms with Crippen LogP contribution in [0, 0.1) is 0 Å². The molecule has 1 amide bonds. The van der Waals surface area contributed by atoms with Crippen LogP contribution < -0.4 is 10.1 Å². The maximum Gasteiger partial charge on any atom is 0.243 e. The van der Waals surface area contributed by atoms with Gasteiger partial charge in [-0.05, 0) is 63.9 Å². The molecule has 27 heavy (non-hydrogen) atoms. The minimum atomic E-state index is -3.56. The number of rotatable bonds is 7. The van der Waals surface area contributed by atoms with E-state index in [2.05, 4.69) is 10.2 Å². The average molecular weight is 396 g/mol. The number of ether oxygens (including phenoxy) is 1. The minimum absolute atomic E-state index is 0.148. The van der Waals surface area contributed by atoms with E-state index in [9.17, 15) is 13.2 Å². The van der Waals surface area contributed by atoms with Crippen LogP contribution in [0.15, 0.2) is 23.1 Å². The monoisotopic (exact) mass is 395 g/mol. The first-order chi connectivity index (χ1) is 13.0. The summed E-state index contributed by atoms with van der Waals surface area (Å²) in [5.74, 6) is 0.343. The fourth-order valence-corrected chi connectivity index (χ4v) is 5.18. The number of anilines is 1. The zero-order valence-electron chi connectivity index (χ0n) is 15.9. The van der Waals surface area contributed by atoms with E-state index in [4.69, 9.17) is 4.74 Å². The molecule has 0 bridgehead atoms. The highest BCUT2D eigenvalue weighted by molar-refractivity contribution is 7.89. The fourth-order valence-electron chi connectivity index (χ4n) is 3.64. The molecule has 0 aromatic heterocycles. The highest BCUT2D eigenvalue weighted by Gasteiger charge is 2.27. The first kappa shape index (κ1) is 20.1. The van der Waals surface area contributed by atoms with Crippen molar-refractivity contribution >= 4 is 21.6 Å². The van der Waals surface area contributed by atoms with Gasteiger partial charge in [0.15, 0.2) is 0 Å². The number of hydrogen-bond acceptors (Lipinski definition) is 5. The molecule has 150 valence electrons. The summed E-state index contributed by atoms with van der Waals surface area (Å²) in [4.78, 5) is 14.7. The van der Waals surface area contributed by atoms with Gasteiger partial charge in [0.05, 0.1) is 23.7 Å². The van der Waals surface area contributed by atoms with Crippen molar-refractivity contribution in [2.24, 2.45) is 0 Å². The number of carbonyl (C=O) groups is 1. The van der Waals surface area contributed by atoms with E-state index in [1.807, 2.05) is 6.92 Å². The van der Waals surface area contributed by atoms with Gasteiger partial charge in [-0.3, -0.25) is 9.69 Å². The Labute approximate surface area is 161 Å². The molecule has 0 aliphatic carbocycles. The van der Waals surface area contributed by atoms with Crippen LogP contribution in [0.2, 0.25) is 0 Å². The zero-order chi connectivity index (χ0) is 19.3. The summed E-state index contributed by atoms with van der Waals surface area (Å²) in [6.45, 7) is 5.55. The lowest BCUT2D eigenvalue weighted by atomic mass is 10.2. The number of carbonyl (C=O) groups excluding carboxylic acids is 1. The van der Waals surface area contributed by atoms with Crippen LogP contribution in [0.4, 0.5) is 5.69 Å². The van der Waals surface area contributed by atoms with Crippen molar-refractivity contribution in [3.63, 3.8) is 0 Å². The molecule has 8 heteroatoms. The summed E-state index contributed by atoms with van der Waals surface area (Å²) in [5.41, 5.74) is 0.416. The van der Waals surface area contributed by atoms with E-state index in [1.165, 1.54) is 10.4 Å². The lowest BCUT2D eigenvalue weighted by Crippen LogP contribution is -2.35. The molecule has 1 aromatic rings. The molecule has 0 atom stereocenters. The van der Waals surface area contributed by atoms with Gasteiger partial charge < -0.3 is 10.1 Å². The maximum absolute atomic E-state index is 12.9. The standard InChI is InChI=1S/C19H29N3O4S/c1-2-26-18-9-8-16(27(24,25)22-12-4-3-5-13-22)14-17(18)20-19(23)15-21-10-6-7-11-21/h8-9,14H,2-7,10-13,15H2,1H3,(H,20,23). The SMILES string of the molecule is CCOc1ccc(S(=O)(=O)N2CCCCC2)cc1NC(=O)CN1CCCC1. The molecule has 0 spiro atoms. The van der Waals surface area contributed by atoms with Gasteiger partial charge in [0, 0.05) is 13.1 Å². The quantitative estimate of drug-likeness (QED) is 0.766. The number of nitrogens with zero attached hydrogens (tertiary/aromatic N) is 2. The second kappa shape index (κ2) is 9.03. The predicted molar refractivity (Wildman–Crippen MR) is 105 cm³/mol. The van der Waals surface area contributed by atoms with Crippen molar-refractivity contribution < 1.29 is 17.9 Å². The van der Waals surface area contributed by atoms with Crippen molar-refractivity contribution in [2.75, 3.05) is 44.6 Å². The van der Waals surface area contributed by atoms with Gasteiger partial charge in [-0.1, -0.05) is 6.42 Å². The second-order valence-corrected chi connectivity index (χ2v) is 9.03. The van der Waals surface area contributed by atoms with Crippen molar-refractivity contribution in [3.05, 3.63) is 18.2 Å². The molecular weight excluding hydrogens is 366 g/mol. The Morgan fingerprint density at radius 3 is 2.41 bits per heavy atom. The third-order valence-electron chi connectivity index (χ3n) is 5.04. The molecule has 0 radical (unpaired) electrons. The molecule has 2 fully saturated rings. The molecule has 1 aromatic carbocycles. The van der Waals surface area contributed by atoms with Gasteiger partial charge in [0.2, 0.25) is 15.9 Å². The third-order valence-corrected chi connectivity index (χ3v) is 6.94. The lowest BCUT2D eigenvalue weighted by molar-refractivity contribution is -0.117. The summed E-state index contributed by atoms with van der Waals surface area (Å²) in [7, 11) is -3.56. The minimum Gasteiger partial charge on any atom is -0.492 e. The van der Waals surface area contributed by atoms with Crippen molar-refractivity contribution in [2.45, 2.75) is 43.9 Å². The Balaban J connectivity index is 1.80. The number of piperidine rings is 1. The molecule has 7 nitrogen and oxygen atoms in total. The van der Waals surface area contributed by atoms with Gasteiger partial charge in [-0.15, -0.1) is 0 Å². The summed E-state index contributed by atoms with van der Waals surface area (Å²) in [6, 6.07) is 4.72. The van der Waals surface area contributed by atoms with Crippen LogP contribution in [0.25, 0.3) is 0 Å². The van der Waals surface area contributed by atoms with Crippen molar-refractivity contribution in [3.8, 4) is 5.75 Å². The molecule has 2 aliphatic rings. The lowest BCUT2D eigenvalue weighted by Gasteiger charge is -2.26. The Bertz CT molecular complexity index is 754. The van der Waals surface area contributed by atoms with E-state index in [0.717, 1.165) is 45.2 Å². The maximum atomic E-state index is 12.9. The summed E-state index contributed by atoms with van der Waals surface area (Å²) >= 11 is 0. The third kappa shape index (κ3) is 5.00. The van der Waals surface area contributed by atoms with E-state index in [-0.39, 0.29) is 10.8 Å². The number of nitrogens with one attached hydrogen (secondary N) is 1. The number of hydrogen-bond donors (Lipinski definition) is 1. The van der Waals surface area contributed by atoms with Gasteiger partial charge in [-0.2, -0.15) is 4.31 Å². The summed E-state index contributed by atoms with van der Waals surface area (Å²) in [5, 5.41) is 2.85. The van der Waals surface area contributed by atoms with Crippen LogP contribution in [-0.2, 0) is 14.8 Å². The highest BCUT2D eigenvalue weighted by atomic mass is 32.2. The molecule has 1 N–H and O–H groups in total. The Hall–Kier alpha value is -1.64. The highest BCUT2D eigenvalue weighted by Crippen LogP contribution is 2.30. The van der Waals surface area contributed by atoms with Crippen LogP contribution >= 0.6 is 0 Å². The molecule has 0 unspecified atom stereocenters. The van der Waals surface area contributed by atoms with Crippen molar-refractivity contribution in [1.29, 1.82) is 0 Å². The predicted octanol–water partition coefficient (Wildman–Crippen LogP) is 2.29. The summed E-state index contributed by atoms with van der Waals surface area (Å²) in [6.07, 6.45) is 5.06. The molecule has 2 heterocycles. The normalized spacial score (nSPS) is 19.1. The van der Waals surface area contributed by atoms with Crippen molar-refractivity contribution in [1.82, 2.24) is 9.21 Å². The largest absolute Gasteiger partial charge is 0.492 e. The zero-order valence-corrected chi connectivity index (χ0v) is 16.8. The van der Waals surface area contributed by atoms with Crippen LogP contribution in [0.1, 0.15) is 39.0 Å². The first-order valence-electron chi connectivity index (χ1n) is 9.80. The van der Waals surface area contributed by atoms with E-state index < -0.39 is 10.0 Å². The average Bonchev–Trinajstić information content (AvgIpc) is 3.17. The van der Waals surface area contributed by atoms with Crippen LogP contribution in [0.5, 0.6) is 5.75 Å². The van der Waals surface area contributed by atoms with E-state index >= 15 is 0 Å². The Kier molecular flexibility index (Phi) is 6.73. The van der Waals surface area contributed by atoms with Crippen LogP contribution in [0.3, 0.4) is 0 Å². The number of likely N-dealkylation sites (tertiary alicyclic amines) is 1. The Morgan fingerprint density at radius 2 is 1.74 bits per heavy atom. The first-order valence-corrected chi connectivity index (χ1v) is 11.2. The smallest absolute Gasteiger partial charge is 0.243 e. The van der Waals surface area contributed by atoms with E-state index in [0.29, 0.717) is 37.7 Å². The van der Waals surface area contributed by atoms with Crippen LogP contribution in [-0.4, -0.2) is 62.9 Å².